The number of fused-ring (bicyclic) bond motifs is 3. The van der Waals surface area contributed by atoms with Crippen molar-refractivity contribution in [2.75, 3.05) is 6.54 Å². The van der Waals surface area contributed by atoms with Gasteiger partial charge in [-0.2, -0.15) is 0 Å². The van der Waals surface area contributed by atoms with Crippen LogP contribution >= 0.6 is 11.3 Å². The number of thiophene rings is 1. The number of amides is 1. The number of hydrogen-bond acceptors (Lipinski definition) is 3. The van der Waals surface area contributed by atoms with E-state index in [0.717, 1.165) is 22.7 Å². The van der Waals surface area contributed by atoms with Crippen molar-refractivity contribution in [3.8, 4) is 11.1 Å². The fourth-order valence-corrected chi connectivity index (χ4v) is 6.83. The second kappa shape index (κ2) is 6.16. The Kier molecular flexibility index (Phi) is 3.69. The third-order valence-corrected chi connectivity index (χ3v) is 8.43. The molecule has 4 aliphatic rings. The van der Waals surface area contributed by atoms with E-state index in [1.165, 1.54) is 41.5 Å². The topological polar surface area (TPSA) is 51.0 Å². The number of rotatable bonds is 3. The highest BCUT2D eigenvalue weighted by Crippen LogP contribution is 2.51. The molecule has 1 unspecified atom stereocenters. The highest BCUT2D eigenvalue weighted by molar-refractivity contribution is 7.21. The van der Waals surface area contributed by atoms with E-state index < -0.39 is 0 Å². The summed E-state index contributed by atoms with van der Waals surface area (Å²) >= 11 is 1.62. The second-order valence-corrected chi connectivity index (χ2v) is 9.71. The lowest BCUT2D eigenvalue weighted by molar-refractivity contribution is 0.0637. The Morgan fingerprint density at radius 3 is 2.57 bits per heavy atom. The van der Waals surface area contributed by atoms with Gasteiger partial charge >= 0.3 is 0 Å². The van der Waals surface area contributed by atoms with Crippen LogP contribution in [0.4, 0.5) is 0 Å². The average molecular weight is 389 g/mol. The maximum atomic E-state index is 13.2. The van der Waals surface area contributed by atoms with Crippen LogP contribution in [0.15, 0.2) is 54.6 Å². The molecule has 1 amide bonds. The monoisotopic (exact) mass is 388 g/mol. The Bertz CT molecular complexity index is 1040. The molecule has 0 radical (unpaired) electrons. The van der Waals surface area contributed by atoms with Crippen LogP contribution in [-0.4, -0.2) is 24.0 Å². The third kappa shape index (κ3) is 2.48. The smallest absolute Gasteiger partial charge is 0.261 e. The third-order valence-electron chi connectivity index (χ3n) is 7.25. The van der Waals surface area contributed by atoms with Crippen molar-refractivity contribution in [1.29, 1.82) is 0 Å². The van der Waals surface area contributed by atoms with Crippen molar-refractivity contribution in [3.05, 3.63) is 59.5 Å². The SMILES string of the molecule is O=C(NC1C2CCC(CC2)[C@@]12CN2)c1cc2cccc(-c3ccccc3)c2s1. The molecule has 1 spiro atoms. The molecule has 3 saturated carbocycles. The summed E-state index contributed by atoms with van der Waals surface area (Å²) in [6, 6.07) is 19.2. The van der Waals surface area contributed by atoms with Gasteiger partial charge in [-0.05, 0) is 60.1 Å². The molecule has 2 atom stereocenters. The molecule has 142 valence electrons. The number of hydrogen-bond donors (Lipinski definition) is 2. The molecule has 2 heterocycles. The van der Waals surface area contributed by atoms with Crippen LogP contribution in [0, 0.1) is 11.8 Å². The van der Waals surface area contributed by atoms with Crippen molar-refractivity contribution in [2.45, 2.75) is 37.3 Å². The van der Waals surface area contributed by atoms with E-state index in [4.69, 9.17) is 0 Å². The summed E-state index contributed by atoms with van der Waals surface area (Å²) in [7, 11) is 0. The Hall–Kier alpha value is -2.17. The average Bonchev–Trinajstić information content (AvgIpc) is 3.39. The highest BCUT2D eigenvalue weighted by atomic mass is 32.1. The van der Waals surface area contributed by atoms with Crippen LogP contribution in [0.3, 0.4) is 0 Å². The first-order chi connectivity index (χ1) is 13.7. The molecular formula is C24H24N2OS. The number of benzene rings is 2. The Labute approximate surface area is 169 Å². The van der Waals surface area contributed by atoms with Gasteiger partial charge in [-0.25, -0.2) is 0 Å². The highest BCUT2D eigenvalue weighted by Gasteiger charge is 2.61. The van der Waals surface area contributed by atoms with Gasteiger partial charge in [0.2, 0.25) is 0 Å². The van der Waals surface area contributed by atoms with Gasteiger partial charge < -0.3 is 10.6 Å². The van der Waals surface area contributed by atoms with Gasteiger partial charge in [0.1, 0.15) is 0 Å². The van der Waals surface area contributed by atoms with Crippen LogP contribution in [0.1, 0.15) is 35.4 Å². The predicted molar refractivity (Wildman–Crippen MR) is 115 cm³/mol. The molecule has 3 aromatic rings. The number of carbonyl (C=O) groups is 1. The zero-order valence-electron chi connectivity index (χ0n) is 15.8. The molecule has 1 aliphatic heterocycles. The van der Waals surface area contributed by atoms with E-state index in [-0.39, 0.29) is 11.4 Å². The molecule has 3 nitrogen and oxygen atoms in total. The van der Waals surface area contributed by atoms with Crippen molar-refractivity contribution in [3.63, 3.8) is 0 Å². The van der Waals surface area contributed by atoms with Crippen molar-refractivity contribution in [1.82, 2.24) is 10.6 Å². The Morgan fingerprint density at radius 2 is 1.82 bits per heavy atom. The normalized spacial score (nSPS) is 30.6. The summed E-state index contributed by atoms with van der Waals surface area (Å²) in [6.07, 6.45) is 5.19. The summed E-state index contributed by atoms with van der Waals surface area (Å²) in [5.41, 5.74) is 2.61. The zero-order chi connectivity index (χ0) is 18.7. The summed E-state index contributed by atoms with van der Waals surface area (Å²) in [5, 5.41) is 8.24. The van der Waals surface area contributed by atoms with Gasteiger partial charge in [-0.1, -0.05) is 48.5 Å². The second-order valence-electron chi connectivity index (χ2n) is 8.66. The lowest BCUT2D eigenvalue weighted by Crippen LogP contribution is -2.60. The Morgan fingerprint density at radius 1 is 1.04 bits per heavy atom. The quantitative estimate of drug-likeness (QED) is 0.632. The van der Waals surface area contributed by atoms with Crippen LogP contribution in [-0.2, 0) is 0 Å². The van der Waals surface area contributed by atoms with E-state index in [1.807, 2.05) is 6.07 Å². The molecule has 2 aromatic carbocycles. The predicted octanol–water partition coefficient (Wildman–Crippen LogP) is 4.83. The largest absolute Gasteiger partial charge is 0.346 e. The molecule has 4 heteroatoms. The fourth-order valence-electron chi connectivity index (χ4n) is 5.73. The molecule has 1 aromatic heterocycles. The molecule has 28 heavy (non-hydrogen) atoms. The first-order valence-corrected chi connectivity index (χ1v) is 11.2. The first-order valence-electron chi connectivity index (χ1n) is 10.4. The minimum atomic E-state index is 0.103. The molecule has 1 saturated heterocycles. The summed E-state index contributed by atoms with van der Waals surface area (Å²) in [4.78, 5) is 14.0. The zero-order valence-corrected chi connectivity index (χ0v) is 16.6. The van der Waals surface area contributed by atoms with Gasteiger partial charge in [0, 0.05) is 11.2 Å². The van der Waals surface area contributed by atoms with Gasteiger partial charge in [0.15, 0.2) is 0 Å². The lowest BCUT2D eigenvalue weighted by atomic mass is 9.61. The maximum absolute atomic E-state index is 13.2. The van der Waals surface area contributed by atoms with E-state index in [2.05, 4.69) is 59.2 Å². The fraction of sp³-hybridized carbons (Fsp3) is 0.375. The lowest BCUT2D eigenvalue weighted by Gasteiger charge is -2.48. The van der Waals surface area contributed by atoms with E-state index >= 15 is 0 Å². The molecule has 7 rings (SSSR count). The van der Waals surface area contributed by atoms with E-state index in [1.54, 1.807) is 11.3 Å². The van der Waals surface area contributed by atoms with Gasteiger partial charge in [0.05, 0.1) is 16.5 Å². The van der Waals surface area contributed by atoms with E-state index in [9.17, 15) is 4.79 Å². The molecular weight excluding hydrogens is 364 g/mol. The number of carbonyl (C=O) groups excluding carboxylic acids is 1. The van der Waals surface area contributed by atoms with Gasteiger partial charge in [0.25, 0.3) is 5.91 Å². The minimum Gasteiger partial charge on any atom is -0.346 e. The first kappa shape index (κ1) is 16.8. The van der Waals surface area contributed by atoms with E-state index in [0.29, 0.717) is 12.0 Å². The van der Waals surface area contributed by atoms with Crippen molar-refractivity contribution >= 4 is 27.3 Å². The minimum absolute atomic E-state index is 0.103. The van der Waals surface area contributed by atoms with Gasteiger partial charge in [-0.3, -0.25) is 4.79 Å². The van der Waals surface area contributed by atoms with Crippen LogP contribution < -0.4 is 10.6 Å². The standard InChI is InChI=1S/C24H24N2OS/c27-23(26-22-16-9-11-18(12-10-16)24(22)14-25-24)20-13-17-7-4-8-19(21(17)28-20)15-5-2-1-3-6-15/h1-8,13,16,18,22,25H,9-12,14H2,(H,26,27)/t16?,18?,22?,24-/m0/s1. The van der Waals surface area contributed by atoms with Crippen molar-refractivity contribution in [2.24, 2.45) is 11.8 Å². The summed E-state index contributed by atoms with van der Waals surface area (Å²) in [5.74, 6) is 1.49. The molecule has 3 aliphatic carbocycles. The Balaban J connectivity index is 1.32. The van der Waals surface area contributed by atoms with Crippen molar-refractivity contribution < 1.29 is 4.79 Å². The molecule has 2 N–H and O–H groups in total. The van der Waals surface area contributed by atoms with Crippen LogP contribution in [0.5, 0.6) is 0 Å². The molecule has 4 fully saturated rings. The number of nitrogens with one attached hydrogen (secondary N) is 2. The molecule has 2 bridgehead atoms. The maximum Gasteiger partial charge on any atom is 0.261 e. The summed E-state index contributed by atoms with van der Waals surface area (Å²) < 4.78 is 1.20. The van der Waals surface area contributed by atoms with Crippen LogP contribution in [0.2, 0.25) is 0 Å². The summed E-state index contributed by atoms with van der Waals surface area (Å²) in [6.45, 7) is 1.07. The van der Waals surface area contributed by atoms with Crippen LogP contribution in [0.25, 0.3) is 21.2 Å². The van der Waals surface area contributed by atoms with Gasteiger partial charge in [-0.15, -0.1) is 11.3 Å².